The van der Waals surface area contributed by atoms with Gasteiger partial charge in [-0.15, -0.1) is 0 Å². The molecule has 0 saturated heterocycles. The molecular formula is C14H18N2O2. The van der Waals surface area contributed by atoms with Crippen molar-refractivity contribution in [2.24, 2.45) is 0 Å². The molecule has 0 fully saturated rings. The number of benzene rings is 1. The van der Waals surface area contributed by atoms with Gasteiger partial charge in [0.25, 0.3) is 0 Å². The molecule has 1 aliphatic heterocycles. The normalized spacial score (nSPS) is 14.3. The molecule has 2 amide bonds. The van der Waals surface area contributed by atoms with Crippen LogP contribution in [0.1, 0.15) is 30.9 Å². The quantitative estimate of drug-likeness (QED) is 0.881. The summed E-state index contributed by atoms with van der Waals surface area (Å²) >= 11 is 0. The summed E-state index contributed by atoms with van der Waals surface area (Å²) in [7, 11) is 1.80. The molecule has 96 valence electrons. The van der Waals surface area contributed by atoms with Gasteiger partial charge in [-0.2, -0.15) is 0 Å². The Kier molecular flexibility index (Phi) is 3.65. The van der Waals surface area contributed by atoms with Crippen molar-refractivity contribution >= 4 is 17.5 Å². The number of fused-ring (bicyclic) bond motifs is 1. The first-order chi connectivity index (χ1) is 8.61. The van der Waals surface area contributed by atoms with Crippen LogP contribution in [0.25, 0.3) is 0 Å². The van der Waals surface area contributed by atoms with E-state index in [2.05, 4.69) is 11.4 Å². The standard InChI is InChI=1S/C14H18N2O2/c1-3-13(17)15-9-10-4-6-12-11(8-10)5-7-14(18)16(12)2/h4,6,8H,3,5,7,9H2,1-2H3,(H,15,17). The fourth-order valence-electron chi connectivity index (χ4n) is 2.15. The molecule has 0 unspecified atom stereocenters. The first-order valence-corrected chi connectivity index (χ1v) is 6.27. The van der Waals surface area contributed by atoms with Crippen molar-refractivity contribution in [2.75, 3.05) is 11.9 Å². The second-order valence-electron chi connectivity index (χ2n) is 4.55. The van der Waals surface area contributed by atoms with Crippen LogP contribution in [-0.2, 0) is 22.6 Å². The maximum atomic E-state index is 11.6. The van der Waals surface area contributed by atoms with Crippen molar-refractivity contribution in [1.29, 1.82) is 0 Å². The van der Waals surface area contributed by atoms with Gasteiger partial charge in [0.1, 0.15) is 0 Å². The molecule has 0 atom stereocenters. The van der Waals surface area contributed by atoms with Gasteiger partial charge in [0.2, 0.25) is 11.8 Å². The predicted molar refractivity (Wildman–Crippen MR) is 70.3 cm³/mol. The van der Waals surface area contributed by atoms with Crippen LogP contribution in [0.2, 0.25) is 0 Å². The molecule has 1 N–H and O–H groups in total. The lowest BCUT2D eigenvalue weighted by atomic mass is 9.99. The molecule has 0 saturated carbocycles. The summed E-state index contributed by atoms with van der Waals surface area (Å²) in [5.74, 6) is 0.217. The number of carbonyl (C=O) groups excluding carboxylic acids is 2. The lowest BCUT2D eigenvalue weighted by molar-refractivity contribution is -0.121. The Morgan fingerprint density at radius 1 is 1.39 bits per heavy atom. The largest absolute Gasteiger partial charge is 0.352 e. The zero-order valence-corrected chi connectivity index (χ0v) is 10.8. The molecule has 1 heterocycles. The minimum absolute atomic E-state index is 0.0556. The number of hydrogen-bond donors (Lipinski definition) is 1. The van der Waals surface area contributed by atoms with E-state index in [1.54, 1.807) is 11.9 Å². The van der Waals surface area contributed by atoms with Crippen molar-refractivity contribution in [2.45, 2.75) is 32.7 Å². The van der Waals surface area contributed by atoms with Crippen LogP contribution in [0.5, 0.6) is 0 Å². The van der Waals surface area contributed by atoms with E-state index in [1.165, 1.54) is 5.56 Å². The molecule has 0 bridgehead atoms. The lowest BCUT2D eigenvalue weighted by Gasteiger charge is -2.26. The second-order valence-corrected chi connectivity index (χ2v) is 4.55. The van der Waals surface area contributed by atoms with E-state index in [0.717, 1.165) is 17.7 Å². The van der Waals surface area contributed by atoms with Crippen LogP contribution in [0.3, 0.4) is 0 Å². The van der Waals surface area contributed by atoms with E-state index in [1.807, 2.05) is 19.1 Å². The Morgan fingerprint density at radius 3 is 2.89 bits per heavy atom. The second kappa shape index (κ2) is 5.21. The summed E-state index contributed by atoms with van der Waals surface area (Å²) in [6.07, 6.45) is 1.85. The number of rotatable bonds is 3. The third-order valence-electron chi connectivity index (χ3n) is 3.30. The van der Waals surface area contributed by atoms with Crippen LogP contribution in [0.15, 0.2) is 18.2 Å². The summed E-state index contributed by atoms with van der Waals surface area (Å²) in [5, 5.41) is 2.86. The van der Waals surface area contributed by atoms with Crippen molar-refractivity contribution in [3.63, 3.8) is 0 Å². The number of aryl methyl sites for hydroxylation is 1. The molecule has 18 heavy (non-hydrogen) atoms. The highest BCUT2D eigenvalue weighted by atomic mass is 16.2. The lowest BCUT2D eigenvalue weighted by Crippen LogP contribution is -2.31. The first kappa shape index (κ1) is 12.6. The number of nitrogens with zero attached hydrogens (tertiary/aromatic N) is 1. The van der Waals surface area contributed by atoms with Gasteiger partial charge in [-0.1, -0.05) is 19.1 Å². The molecule has 0 radical (unpaired) electrons. The maximum absolute atomic E-state index is 11.6. The van der Waals surface area contributed by atoms with E-state index in [0.29, 0.717) is 19.4 Å². The number of hydrogen-bond acceptors (Lipinski definition) is 2. The topological polar surface area (TPSA) is 49.4 Å². The smallest absolute Gasteiger partial charge is 0.227 e. The van der Waals surface area contributed by atoms with Crippen LogP contribution >= 0.6 is 0 Å². The molecule has 1 aromatic rings. The maximum Gasteiger partial charge on any atom is 0.227 e. The monoisotopic (exact) mass is 246 g/mol. The fourth-order valence-corrected chi connectivity index (χ4v) is 2.15. The van der Waals surface area contributed by atoms with E-state index >= 15 is 0 Å². The summed E-state index contributed by atoms with van der Waals surface area (Å²) in [5.41, 5.74) is 3.25. The summed E-state index contributed by atoms with van der Waals surface area (Å²) < 4.78 is 0. The van der Waals surface area contributed by atoms with Crippen molar-refractivity contribution < 1.29 is 9.59 Å². The molecule has 4 heteroatoms. The molecular weight excluding hydrogens is 228 g/mol. The van der Waals surface area contributed by atoms with Gasteiger partial charge in [0, 0.05) is 32.1 Å². The van der Waals surface area contributed by atoms with Gasteiger partial charge in [-0.3, -0.25) is 9.59 Å². The van der Waals surface area contributed by atoms with Gasteiger partial charge in [-0.25, -0.2) is 0 Å². The highest BCUT2D eigenvalue weighted by molar-refractivity contribution is 5.95. The van der Waals surface area contributed by atoms with Crippen molar-refractivity contribution in [3.05, 3.63) is 29.3 Å². The highest BCUT2D eigenvalue weighted by Crippen LogP contribution is 2.27. The SMILES string of the molecule is CCC(=O)NCc1ccc2c(c1)CCC(=O)N2C. The molecule has 0 aliphatic carbocycles. The zero-order chi connectivity index (χ0) is 13.1. The average Bonchev–Trinajstić information content (AvgIpc) is 2.40. The Labute approximate surface area is 107 Å². The van der Waals surface area contributed by atoms with Crippen LogP contribution in [0.4, 0.5) is 5.69 Å². The van der Waals surface area contributed by atoms with Gasteiger partial charge in [-0.05, 0) is 23.6 Å². The summed E-state index contributed by atoms with van der Waals surface area (Å²) in [6.45, 7) is 2.39. The molecule has 0 aromatic heterocycles. The van der Waals surface area contributed by atoms with Gasteiger partial charge in [0.05, 0.1) is 0 Å². The Balaban J connectivity index is 2.13. The van der Waals surface area contributed by atoms with E-state index in [-0.39, 0.29) is 11.8 Å². The number of nitrogens with one attached hydrogen (secondary N) is 1. The van der Waals surface area contributed by atoms with E-state index < -0.39 is 0 Å². The predicted octanol–water partition coefficient (Wildman–Crippen LogP) is 1.62. The average molecular weight is 246 g/mol. The Morgan fingerprint density at radius 2 is 2.17 bits per heavy atom. The van der Waals surface area contributed by atoms with Crippen LogP contribution < -0.4 is 10.2 Å². The minimum atomic E-state index is 0.0556. The fraction of sp³-hybridized carbons (Fsp3) is 0.429. The van der Waals surface area contributed by atoms with E-state index in [4.69, 9.17) is 0 Å². The third kappa shape index (κ3) is 2.53. The number of carbonyl (C=O) groups is 2. The van der Waals surface area contributed by atoms with E-state index in [9.17, 15) is 9.59 Å². The first-order valence-electron chi connectivity index (χ1n) is 6.27. The number of amides is 2. The highest BCUT2D eigenvalue weighted by Gasteiger charge is 2.20. The number of anilines is 1. The van der Waals surface area contributed by atoms with Crippen LogP contribution in [0, 0.1) is 0 Å². The van der Waals surface area contributed by atoms with Crippen LogP contribution in [-0.4, -0.2) is 18.9 Å². The molecule has 0 spiro atoms. The molecule has 1 aliphatic rings. The third-order valence-corrected chi connectivity index (χ3v) is 3.30. The van der Waals surface area contributed by atoms with Gasteiger partial charge in [0.15, 0.2) is 0 Å². The van der Waals surface area contributed by atoms with Crippen molar-refractivity contribution in [1.82, 2.24) is 5.32 Å². The molecule has 1 aromatic carbocycles. The summed E-state index contributed by atoms with van der Waals surface area (Å²) in [6, 6.07) is 6.00. The molecule has 2 rings (SSSR count). The van der Waals surface area contributed by atoms with Gasteiger partial charge < -0.3 is 10.2 Å². The minimum Gasteiger partial charge on any atom is -0.352 e. The molecule has 4 nitrogen and oxygen atoms in total. The summed E-state index contributed by atoms with van der Waals surface area (Å²) in [4.78, 5) is 24.5. The van der Waals surface area contributed by atoms with Gasteiger partial charge >= 0.3 is 0 Å². The Bertz CT molecular complexity index is 483. The van der Waals surface area contributed by atoms with Crippen molar-refractivity contribution in [3.8, 4) is 0 Å². The Hall–Kier alpha value is -1.84. The zero-order valence-electron chi connectivity index (χ0n) is 10.8.